The number of nitrogens with two attached hydrogens (primary N) is 1. The lowest BCUT2D eigenvalue weighted by Gasteiger charge is -2.18. The third kappa shape index (κ3) is 3.97. The van der Waals surface area contributed by atoms with Gasteiger partial charge in [-0.1, -0.05) is 29.8 Å². The Morgan fingerprint density at radius 3 is 2.18 bits per heavy atom. The number of benzene rings is 3. The van der Waals surface area contributed by atoms with Crippen LogP contribution in [0.4, 0.5) is 13.2 Å². The molecule has 3 rings (SSSR count). The van der Waals surface area contributed by atoms with Crippen LogP contribution >= 0.6 is 11.6 Å². The lowest BCUT2D eigenvalue weighted by Crippen LogP contribution is -2.16. The van der Waals surface area contributed by atoms with Gasteiger partial charge in [-0.2, -0.15) is 13.2 Å². The van der Waals surface area contributed by atoms with Gasteiger partial charge in [0.1, 0.15) is 5.75 Å². The largest absolute Gasteiger partial charge is 0.508 e. The van der Waals surface area contributed by atoms with Crippen molar-refractivity contribution in [1.82, 2.24) is 0 Å². The summed E-state index contributed by atoms with van der Waals surface area (Å²) in [5, 5.41) is 9.89. The second-order valence-electron chi connectivity index (χ2n) is 6.37. The number of rotatable bonds is 3. The van der Waals surface area contributed by atoms with Gasteiger partial charge in [0.2, 0.25) is 5.91 Å². The van der Waals surface area contributed by atoms with E-state index in [-0.39, 0.29) is 22.4 Å². The fraction of sp³-hybridized carbons (Fsp3) is 0.0952. The molecule has 0 heterocycles. The number of hydrogen-bond donors (Lipinski definition) is 2. The number of halogens is 4. The standard InChI is InChI=1S/C21H15ClF3NO2/c1-11-6-13(8-15(22)7-11)19-17(12-2-4-16(27)5-3-12)9-14(21(23,24)25)10-18(19)20(26)28/h2-10,27H,1H3,(H2,26,28). The van der Waals surface area contributed by atoms with Crippen LogP contribution in [0.25, 0.3) is 22.3 Å². The molecule has 0 aliphatic carbocycles. The molecule has 3 nitrogen and oxygen atoms in total. The number of phenols is 1. The molecule has 3 aromatic carbocycles. The summed E-state index contributed by atoms with van der Waals surface area (Å²) in [6, 6.07) is 12.3. The van der Waals surface area contributed by atoms with E-state index in [9.17, 15) is 23.1 Å². The lowest BCUT2D eigenvalue weighted by atomic mass is 9.87. The second kappa shape index (κ2) is 7.20. The van der Waals surface area contributed by atoms with E-state index in [2.05, 4.69) is 0 Å². The molecule has 3 aromatic rings. The zero-order chi connectivity index (χ0) is 20.6. The molecule has 7 heteroatoms. The molecule has 28 heavy (non-hydrogen) atoms. The summed E-state index contributed by atoms with van der Waals surface area (Å²) < 4.78 is 40.3. The smallest absolute Gasteiger partial charge is 0.416 e. The van der Waals surface area contributed by atoms with Gasteiger partial charge in [-0.25, -0.2) is 0 Å². The average molecular weight is 406 g/mol. The molecule has 0 bridgehead atoms. The number of carbonyl (C=O) groups is 1. The third-order valence-corrected chi connectivity index (χ3v) is 4.46. The maximum absolute atomic E-state index is 13.4. The van der Waals surface area contributed by atoms with E-state index in [0.717, 1.165) is 17.7 Å². The van der Waals surface area contributed by atoms with Crippen molar-refractivity contribution in [3.05, 3.63) is 76.3 Å². The first-order chi connectivity index (χ1) is 13.1. The SMILES string of the molecule is Cc1cc(Cl)cc(-c2c(C(N)=O)cc(C(F)(F)F)cc2-c2ccc(O)cc2)c1. The van der Waals surface area contributed by atoms with Crippen LogP contribution in [0.15, 0.2) is 54.6 Å². The summed E-state index contributed by atoms with van der Waals surface area (Å²) in [5.74, 6) is -1.02. The maximum Gasteiger partial charge on any atom is 0.416 e. The van der Waals surface area contributed by atoms with Crippen molar-refractivity contribution in [2.45, 2.75) is 13.1 Å². The molecular weight excluding hydrogens is 391 g/mol. The van der Waals surface area contributed by atoms with Crippen LogP contribution in [-0.4, -0.2) is 11.0 Å². The predicted octanol–water partition coefficient (Wildman–Crippen LogP) is 5.81. The number of hydrogen-bond acceptors (Lipinski definition) is 2. The summed E-state index contributed by atoms with van der Waals surface area (Å²) in [7, 11) is 0. The van der Waals surface area contributed by atoms with Crippen LogP contribution in [0.1, 0.15) is 21.5 Å². The van der Waals surface area contributed by atoms with E-state index in [0.29, 0.717) is 16.1 Å². The zero-order valence-corrected chi connectivity index (χ0v) is 15.4. The van der Waals surface area contributed by atoms with Gasteiger partial charge in [-0.15, -0.1) is 0 Å². The lowest BCUT2D eigenvalue weighted by molar-refractivity contribution is -0.137. The highest BCUT2D eigenvalue weighted by atomic mass is 35.5. The Hall–Kier alpha value is -2.99. The number of phenolic OH excluding ortho intramolecular Hbond substituents is 1. The fourth-order valence-corrected chi connectivity index (χ4v) is 3.35. The van der Waals surface area contributed by atoms with Gasteiger partial charge in [0.05, 0.1) is 5.56 Å². The molecule has 0 aromatic heterocycles. The normalized spacial score (nSPS) is 11.5. The Kier molecular flexibility index (Phi) is 5.08. The average Bonchev–Trinajstić information content (AvgIpc) is 2.59. The van der Waals surface area contributed by atoms with Crippen LogP contribution in [0, 0.1) is 6.92 Å². The van der Waals surface area contributed by atoms with Crippen molar-refractivity contribution < 1.29 is 23.1 Å². The van der Waals surface area contributed by atoms with Crippen molar-refractivity contribution >= 4 is 17.5 Å². The zero-order valence-electron chi connectivity index (χ0n) is 14.6. The molecule has 144 valence electrons. The van der Waals surface area contributed by atoms with Gasteiger partial charge in [0, 0.05) is 16.1 Å². The van der Waals surface area contributed by atoms with E-state index in [1.165, 1.54) is 24.3 Å². The predicted molar refractivity (Wildman–Crippen MR) is 102 cm³/mol. The maximum atomic E-state index is 13.4. The van der Waals surface area contributed by atoms with Gasteiger partial charge in [0.15, 0.2) is 0 Å². The Bertz CT molecular complexity index is 1040. The first kappa shape index (κ1) is 19.8. The molecule has 0 fully saturated rings. The van der Waals surface area contributed by atoms with Crippen LogP contribution in [0.2, 0.25) is 5.02 Å². The van der Waals surface area contributed by atoms with Gasteiger partial charge >= 0.3 is 6.18 Å². The molecule has 0 atom stereocenters. The molecule has 1 amide bonds. The van der Waals surface area contributed by atoms with Gasteiger partial charge in [-0.05, 0) is 65.6 Å². The van der Waals surface area contributed by atoms with Gasteiger partial charge in [-0.3, -0.25) is 4.79 Å². The Balaban J connectivity index is 2.43. The Morgan fingerprint density at radius 2 is 1.64 bits per heavy atom. The molecule has 0 aliphatic rings. The van der Waals surface area contributed by atoms with Gasteiger partial charge in [0.25, 0.3) is 0 Å². The summed E-state index contributed by atoms with van der Waals surface area (Å²) in [6.07, 6.45) is -4.67. The number of aromatic hydroxyl groups is 1. The molecule has 0 saturated carbocycles. The molecular formula is C21H15ClF3NO2. The minimum Gasteiger partial charge on any atom is -0.508 e. The van der Waals surface area contributed by atoms with E-state index < -0.39 is 17.6 Å². The number of primary amides is 1. The Labute approximate surface area is 164 Å². The van der Waals surface area contributed by atoms with E-state index in [1.54, 1.807) is 25.1 Å². The molecule has 3 N–H and O–H groups in total. The summed E-state index contributed by atoms with van der Waals surface area (Å²) in [4.78, 5) is 12.1. The minimum absolute atomic E-state index is 0.0361. The van der Waals surface area contributed by atoms with Crippen molar-refractivity contribution in [3.63, 3.8) is 0 Å². The van der Waals surface area contributed by atoms with Crippen LogP contribution in [0.5, 0.6) is 5.75 Å². The topological polar surface area (TPSA) is 63.3 Å². The first-order valence-electron chi connectivity index (χ1n) is 8.18. The molecule has 0 unspecified atom stereocenters. The summed E-state index contributed by atoms with van der Waals surface area (Å²) >= 11 is 6.13. The molecule has 0 spiro atoms. The van der Waals surface area contributed by atoms with Crippen molar-refractivity contribution in [2.24, 2.45) is 5.73 Å². The Morgan fingerprint density at radius 1 is 1.00 bits per heavy atom. The summed E-state index contributed by atoms with van der Waals surface area (Å²) in [5.41, 5.74) is 6.21. The first-order valence-corrected chi connectivity index (χ1v) is 8.56. The van der Waals surface area contributed by atoms with Crippen LogP contribution in [0.3, 0.4) is 0 Å². The van der Waals surface area contributed by atoms with Crippen molar-refractivity contribution in [3.8, 4) is 28.0 Å². The number of amides is 1. The van der Waals surface area contributed by atoms with E-state index in [4.69, 9.17) is 17.3 Å². The van der Waals surface area contributed by atoms with E-state index in [1.807, 2.05) is 0 Å². The van der Waals surface area contributed by atoms with Gasteiger partial charge < -0.3 is 10.8 Å². The molecule has 0 radical (unpaired) electrons. The number of alkyl halides is 3. The molecule has 0 saturated heterocycles. The minimum atomic E-state index is -4.67. The summed E-state index contributed by atoms with van der Waals surface area (Å²) in [6.45, 7) is 1.78. The highest BCUT2D eigenvalue weighted by molar-refractivity contribution is 6.31. The van der Waals surface area contributed by atoms with E-state index >= 15 is 0 Å². The third-order valence-electron chi connectivity index (χ3n) is 4.24. The second-order valence-corrected chi connectivity index (χ2v) is 6.81. The van der Waals surface area contributed by atoms with Crippen molar-refractivity contribution in [2.75, 3.05) is 0 Å². The molecule has 0 aliphatic heterocycles. The van der Waals surface area contributed by atoms with Crippen LogP contribution in [-0.2, 0) is 6.18 Å². The fourth-order valence-electron chi connectivity index (χ4n) is 3.06. The highest BCUT2D eigenvalue weighted by Crippen LogP contribution is 2.41. The van der Waals surface area contributed by atoms with Crippen molar-refractivity contribution in [1.29, 1.82) is 0 Å². The number of aryl methyl sites for hydroxylation is 1. The quantitative estimate of drug-likeness (QED) is 0.578. The highest BCUT2D eigenvalue weighted by Gasteiger charge is 2.33. The van der Waals surface area contributed by atoms with Crippen LogP contribution < -0.4 is 5.73 Å². The number of carbonyl (C=O) groups excluding carboxylic acids is 1. The monoisotopic (exact) mass is 405 g/mol.